The van der Waals surface area contributed by atoms with Gasteiger partial charge in [-0.25, -0.2) is 0 Å². The zero-order valence-corrected chi connectivity index (χ0v) is 11.1. The summed E-state index contributed by atoms with van der Waals surface area (Å²) in [5, 5.41) is 2.45. The average Bonchev–Trinajstić information content (AvgIpc) is 2.43. The summed E-state index contributed by atoms with van der Waals surface area (Å²) in [6.07, 6.45) is 1.82. The minimum Gasteiger partial charge on any atom is -0.397 e. The molecule has 0 radical (unpaired) electrons. The van der Waals surface area contributed by atoms with Gasteiger partial charge in [0.2, 0.25) is 0 Å². The van der Waals surface area contributed by atoms with Crippen molar-refractivity contribution in [2.24, 2.45) is 0 Å². The van der Waals surface area contributed by atoms with Gasteiger partial charge in [-0.15, -0.1) is 0 Å². The molecule has 0 bridgehead atoms. The van der Waals surface area contributed by atoms with Gasteiger partial charge in [-0.3, -0.25) is 4.98 Å². The molecule has 0 saturated heterocycles. The summed E-state index contributed by atoms with van der Waals surface area (Å²) in [6.45, 7) is 4.13. The second-order valence-electron chi connectivity index (χ2n) is 4.87. The lowest BCUT2D eigenvalue weighted by atomic mass is 9.97. The number of anilines is 1. The summed E-state index contributed by atoms with van der Waals surface area (Å²) in [4.78, 5) is 4.46. The molecule has 0 saturated carbocycles. The van der Waals surface area contributed by atoms with Crippen molar-refractivity contribution < 1.29 is 0 Å². The third-order valence-electron chi connectivity index (χ3n) is 3.61. The maximum atomic E-state index is 6.18. The highest BCUT2D eigenvalue weighted by Crippen LogP contribution is 2.33. The van der Waals surface area contributed by atoms with Crippen molar-refractivity contribution in [2.45, 2.75) is 13.8 Å². The Morgan fingerprint density at radius 3 is 2.37 bits per heavy atom. The number of aromatic nitrogens is 1. The maximum absolute atomic E-state index is 6.18. The first kappa shape index (κ1) is 11.7. The van der Waals surface area contributed by atoms with Crippen molar-refractivity contribution in [1.29, 1.82) is 0 Å². The molecule has 0 aliphatic carbocycles. The Balaban J connectivity index is 2.38. The van der Waals surface area contributed by atoms with Crippen molar-refractivity contribution in [3.63, 3.8) is 0 Å². The van der Waals surface area contributed by atoms with Crippen molar-refractivity contribution in [2.75, 3.05) is 5.73 Å². The molecule has 19 heavy (non-hydrogen) atoms. The minimum absolute atomic E-state index is 0.761. The lowest BCUT2D eigenvalue weighted by Gasteiger charge is -2.11. The van der Waals surface area contributed by atoms with Gasteiger partial charge in [0, 0.05) is 11.8 Å². The van der Waals surface area contributed by atoms with Crippen LogP contribution in [0.4, 0.5) is 5.69 Å². The molecule has 1 aromatic heterocycles. The normalized spacial score (nSPS) is 10.8. The Hall–Kier alpha value is -2.35. The highest BCUT2D eigenvalue weighted by atomic mass is 14.7. The van der Waals surface area contributed by atoms with Crippen LogP contribution in [-0.2, 0) is 0 Å². The minimum atomic E-state index is 0.761. The highest BCUT2D eigenvalue weighted by molar-refractivity contribution is 5.99. The van der Waals surface area contributed by atoms with E-state index in [-0.39, 0.29) is 0 Å². The number of nitrogens with zero attached hydrogens (tertiary/aromatic N) is 1. The third kappa shape index (κ3) is 1.85. The monoisotopic (exact) mass is 248 g/mol. The van der Waals surface area contributed by atoms with Crippen LogP contribution in [0.15, 0.2) is 48.7 Å². The van der Waals surface area contributed by atoms with Crippen LogP contribution in [0, 0.1) is 13.8 Å². The van der Waals surface area contributed by atoms with E-state index in [0.717, 1.165) is 22.5 Å². The molecule has 3 aromatic rings. The van der Waals surface area contributed by atoms with Gasteiger partial charge in [0.1, 0.15) is 0 Å². The van der Waals surface area contributed by atoms with Crippen LogP contribution in [0.2, 0.25) is 0 Å². The highest BCUT2D eigenvalue weighted by Gasteiger charge is 2.10. The van der Waals surface area contributed by atoms with Crippen molar-refractivity contribution >= 4 is 16.5 Å². The standard InChI is InChI=1S/C17H16N2/c1-11-7-8-15(14-6-4-3-5-13(11)14)17-16(18)12(2)9-10-19-17/h3-10H,18H2,1-2H3. The fraction of sp³-hybridized carbons (Fsp3) is 0.118. The van der Waals surface area contributed by atoms with E-state index in [1.807, 2.05) is 19.2 Å². The van der Waals surface area contributed by atoms with Gasteiger partial charge in [0.05, 0.1) is 11.4 Å². The van der Waals surface area contributed by atoms with Crippen LogP contribution in [0.25, 0.3) is 22.0 Å². The number of nitrogen functional groups attached to an aromatic ring is 1. The number of hydrogen-bond donors (Lipinski definition) is 1. The molecule has 0 aliphatic heterocycles. The van der Waals surface area contributed by atoms with Gasteiger partial charge in [-0.05, 0) is 41.8 Å². The van der Waals surface area contributed by atoms with E-state index in [4.69, 9.17) is 5.73 Å². The maximum Gasteiger partial charge on any atom is 0.0940 e. The van der Waals surface area contributed by atoms with Crippen molar-refractivity contribution in [3.8, 4) is 11.3 Å². The van der Waals surface area contributed by atoms with E-state index in [0.29, 0.717) is 0 Å². The van der Waals surface area contributed by atoms with E-state index >= 15 is 0 Å². The summed E-state index contributed by atoms with van der Waals surface area (Å²) in [7, 11) is 0. The van der Waals surface area contributed by atoms with Crippen molar-refractivity contribution in [1.82, 2.24) is 4.98 Å². The molecule has 2 nitrogen and oxygen atoms in total. The fourth-order valence-corrected chi connectivity index (χ4v) is 2.44. The first-order valence-electron chi connectivity index (χ1n) is 6.38. The summed E-state index contributed by atoms with van der Waals surface area (Å²) >= 11 is 0. The molecule has 2 heteroatoms. The third-order valence-corrected chi connectivity index (χ3v) is 3.61. The summed E-state index contributed by atoms with van der Waals surface area (Å²) in [5.74, 6) is 0. The molecule has 0 amide bonds. The molecule has 1 heterocycles. The number of nitrogens with two attached hydrogens (primary N) is 1. The molecule has 0 unspecified atom stereocenters. The molecular formula is C17H16N2. The summed E-state index contributed by atoms with van der Waals surface area (Å²) in [6, 6.07) is 14.6. The predicted octanol–water partition coefficient (Wildman–Crippen LogP) is 4.10. The molecule has 3 rings (SSSR count). The van der Waals surface area contributed by atoms with Crippen molar-refractivity contribution in [3.05, 3.63) is 59.8 Å². The number of pyridine rings is 1. The number of rotatable bonds is 1. The van der Waals surface area contributed by atoms with Gasteiger partial charge in [-0.1, -0.05) is 36.4 Å². The largest absolute Gasteiger partial charge is 0.397 e. The summed E-state index contributed by atoms with van der Waals surface area (Å²) < 4.78 is 0. The van der Waals surface area contributed by atoms with Crippen LogP contribution in [0.1, 0.15) is 11.1 Å². The molecule has 0 aliphatic rings. The van der Waals surface area contributed by atoms with E-state index in [1.165, 1.54) is 16.3 Å². The van der Waals surface area contributed by atoms with Gasteiger partial charge in [0.15, 0.2) is 0 Å². The van der Waals surface area contributed by atoms with Gasteiger partial charge in [0.25, 0.3) is 0 Å². The molecule has 0 spiro atoms. The lowest BCUT2D eigenvalue weighted by molar-refractivity contribution is 1.29. The molecule has 2 N–H and O–H groups in total. The van der Waals surface area contributed by atoms with Crippen LogP contribution in [0.3, 0.4) is 0 Å². The number of benzene rings is 2. The number of hydrogen-bond acceptors (Lipinski definition) is 2. The smallest absolute Gasteiger partial charge is 0.0940 e. The van der Waals surface area contributed by atoms with E-state index in [1.54, 1.807) is 0 Å². The van der Waals surface area contributed by atoms with Crippen LogP contribution in [-0.4, -0.2) is 4.98 Å². The Labute approximate surface area is 112 Å². The first-order chi connectivity index (χ1) is 9.18. The zero-order chi connectivity index (χ0) is 13.4. The quantitative estimate of drug-likeness (QED) is 0.704. The fourth-order valence-electron chi connectivity index (χ4n) is 2.44. The van der Waals surface area contributed by atoms with Crippen LogP contribution < -0.4 is 5.73 Å². The molecule has 0 atom stereocenters. The zero-order valence-electron chi connectivity index (χ0n) is 11.1. The summed E-state index contributed by atoms with van der Waals surface area (Å²) in [5.41, 5.74) is 11.2. The molecular weight excluding hydrogens is 232 g/mol. The topological polar surface area (TPSA) is 38.9 Å². The molecule has 94 valence electrons. The number of fused-ring (bicyclic) bond motifs is 1. The Morgan fingerprint density at radius 1 is 0.842 bits per heavy atom. The Morgan fingerprint density at radius 2 is 1.58 bits per heavy atom. The second kappa shape index (κ2) is 4.39. The predicted molar refractivity (Wildman–Crippen MR) is 81.1 cm³/mol. The van der Waals surface area contributed by atoms with E-state index in [9.17, 15) is 0 Å². The van der Waals surface area contributed by atoms with Gasteiger partial charge >= 0.3 is 0 Å². The first-order valence-corrected chi connectivity index (χ1v) is 6.38. The van der Waals surface area contributed by atoms with Crippen LogP contribution >= 0.6 is 0 Å². The second-order valence-corrected chi connectivity index (χ2v) is 4.87. The van der Waals surface area contributed by atoms with Crippen LogP contribution in [0.5, 0.6) is 0 Å². The lowest BCUT2D eigenvalue weighted by Crippen LogP contribution is -1.97. The molecule has 2 aromatic carbocycles. The Bertz CT molecular complexity index is 760. The number of aryl methyl sites for hydroxylation is 2. The van der Waals surface area contributed by atoms with E-state index in [2.05, 4.69) is 48.3 Å². The van der Waals surface area contributed by atoms with Gasteiger partial charge in [-0.2, -0.15) is 0 Å². The average molecular weight is 248 g/mol. The Kier molecular flexibility index (Phi) is 2.71. The van der Waals surface area contributed by atoms with Gasteiger partial charge < -0.3 is 5.73 Å². The van der Waals surface area contributed by atoms with E-state index < -0.39 is 0 Å². The SMILES string of the molecule is Cc1ccnc(-c2ccc(C)c3ccccc23)c1N. The molecule has 0 fully saturated rings.